The van der Waals surface area contributed by atoms with Crippen LogP contribution in [0, 0.1) is 6.92 Å². The summed E-state index contributed by atoms with van der Waals surface area (Å²) in [6, 6.07) is 5.95. The van der Waals surface area contributed by atoms with Crippen LogP contribution in [0.3, 0.4) is 0 Å². The molecule has 3 heterocycles. The number of nitrogens with zero attached hydrogens (tertiary/aromatic N) is 3. The molecular formula is C12H10N4. The van der Waals surface area contributed by atoms with Crippen LogP contribution in [0.25, 0.3) is 22.3 Å². The van der Waals surface area contributed by atoms with Gasteiger partial charge in [-0.05, 0) is 25.1 Å². The van der Waals surface area contributed by atoms with Gasteiger partial charge in [0.05, 0.1) is 5.69 Å². The minimum absolute atomic E-state index is 0.897. The van der Waals surface area contributed by atoms with Gasteiger partial charge in [-0.25, -0.2) is 15.0 Å². The first-order valence-corrected chi connectivity index (χ1v) is 5.05. The topological polar surface area (TPSA) is 54.5 Å². The smallest absolute Gasteiger partial charge is 0.138 e. The van der Waals surface area contributed by atoms with Crippen molar-refractivity contribution in [1.29, 1.82) is 0 Å². The molecule has 0 aliphatic rings. The standard InChI is InChI=1S/C12H10N4/c1-8-6-10-9(2-5-14-12(10)16-8)11-3-4-13-7-15-11/h2-7H,1H3,(H,14,16). The van der Waals surface area contributed by atoms with Crippen molar-refractivity contribution in [3.63, 3.8) is 0 Å². The summed E-state index contributed by atoms with van der Waals surface area (Å²) in [5.41, 5.74) is 4.00. The number of nitrogens with one attached hydrogen (secondary N) is 1. The van der Waals surface area contributed by atoms with Gasteiger partial charge in [-0.3, -0.25) is 0 Å². The lowest BCUT2D eigenvalue weighted by Crippen LogP contribution is -1.85. The number of aromatic amines is 1. The molecule has 3 rings (SSSR count). The van der Waals surface area contributed by atoms with Crippen LogP contribution < -0.4 is 0 Å². The predicted molar refractivity (Wildman–Crippen MR) is 61.9 cm³/mol. The van der Waals surface area contributed by atoms with Gasteiger partial charge >= 0.3 is 0 Å². The number of hydrogen-bond acceptors (Lipinski definition) is 3. The van der Waals surface area contributed by atoms with E-state index in [1.807, 2.05) is 19.1 Å². The van der Waals surface area contributed by atoms with Gasteiger partial charge in [-0.2, -0.15) is 0 Å². The third-order valence-electron chi connectivity index (χ3n) is 2.52. The number of fused-ring (bicyclic) bond motifs is 1. The molecule has 0 saturated heterocycles. The predicted octanol–water partition coefficient (Wildman–Crippen LogP) is 2.33. The summed E-state index contributed by atoms with van der Waals surface area (Å²) >= 11 is 0. The monoisotopic (exact) mass is 210 g/mol. The average molecular weight is 210 g/mol. The lowest BCUT2D eigenvalue weighted by atomic mass is 10.1. The van der Waals surface area contributed by atoms with Gasteiger partial charge < -0.3 is 4.98 Å². The quantitative estimate of drug-likeness (QED) is 0.670. The molecule has 0 fully saturated rings. The summed E-state index contributed by atoms with van der Waals surface area (Å²) in [5.74, 6) is 0. The molecule has 0 radical (unpaired) electrons. The first-order valence-electron chi connectivity index (χ1n) is 5.05. The van der Waals surface area contributed by atoms with E-state index in [2.05, 4.69) is 26.0 Å². The molecule has 0 aromatic carbocycles. The van der Waals surface area contributed by atoms with Crippen LogP contribution in [-0.2, 0) is 0 Å². The van der Waals surface area contributed by atoms with E-state index in [0.717, 1.165) is 28.0 Å². The molecule has 4 heteroatoms. The summed E-state index contributed by atoms with van der Waals surface area (Å²) in [6.07, 6.45) is 5.09. The maximum Gasteiger partial charge on any atom is 0.138 e. The summed E-state index contributed by atoms with van der Waals surface area (Å²) in [5, 5.41) is 1.10. The Balaban J connectivity index is 2.31. The molecule has 0 amide bonds. The molecule has 0 saturated carbocycles. The highest BCUT2D eigenvalue weighted by Crippen LogP contribution is 2.25. The Bertz CT molecular complexity index is 628. The van der Waals surface area contributed by atoms with Crippen LogP contribution in [0.4, 0.5) is 0 Å². The first-order chi connectivity index (χ1) is 7.84. The van der Waals surface area contributed by atoms with Gasteiger partial charge in [0.1, 0.15) is 12.0 Å². The Kier molecular flexibility index (Phi) is 1.93. The second kappa shape index (κ2) is 3.41. The minimum atomic E-state index is 0.897. The van der Waals surface area contributed by atoms with Crippen molar-refractivity contribution in [2.24, 2.45) is 0 Å². The molecule has 78 valence electrons. The molecule has 0 bridgehead atoms. The van der Waals surface area contributed by atoms with E-state index in [1.54, 1.807) is 18.7 Å². The Morgan fingerprint density at radius 2 is 2.06 bits per heavy atom. The van der Waals surface area contributed by atoms with Gasteiger partial charge in [0, 0.05) is 29.0 Å². The van der Waals surface area contributed by atoms with E-state index >= 15 is 0 Å². The zero-order valence-corrected chi connectivity index (χ0v) is 8.81. The van der Waals surface area contributed by atoms with Crippen molar-refractivity contribution in [3.8, 4) is 11.3 Å². The second-order valence-corrected chi connectivity index (χ2v) is 3.67. The van der Waals surface area contributed by atoms with Crippen LogP contribution in [0.15, 0.2) is 36.9 Å². The number of hydrogen-bond donors (Lipinski definition) is 1. The summed E-state index contributed by atoms with van der Waals surface area (Å²) in [4.78, 5) is 15.7. The van der Waals surface area contributed by atoms with Gasteiger partial charge in [-0.1, -0.05) is 0 Å². The maximum atomic E-state index is 4.29. The van der Waals surface area contributed by atoms with Crippen molar-refractivity contribution in [2.75, 3.05) is 0 Å². The number of H-pyrrole nitrogens is 1. The molecule has 3 aromatic rings. The lowest BCUT2D eigenvalue weighted by Gasteiger charge is -2.00. The number of rotatable bonds is 1. The van der Waals surface area contributed by atoms with E-state index in [-0.39, 0.29) is 0 Å². The highest BCUT2D eigenvalue weighted by molar-refractivity contribution is 5.92. The van der Waals surface area contributed by atoms with Crippen LogP contribution in [0.5, 0.6) is 0 Å². The zero-order chi connectivity index (χ0) is 11.0. The molecular weight excluding hydrogens is 200 g/mol. The van der Waals surface area contributed by atoms with Gasteiger partial charge in [-0.15, -0.1) is 0 Å². The second-order valence-electron chi connectivity index (χ2n) is 3.67. The molecule has 4 nitrogen and oxygen atoms in total. The number of aromatic nitrogens is 4. The fourth-order valence-electron chi connectivity index (χ4n) is 1.83. The molecule has 16 heavy (non-hydrogen) atoms. The highest BCUT2D eigenvalue weighted by atomic mass is 14.9. The largest absolute Gasteiger partial charge is 0.344 e. The van der Waals surface area contributed by atoms with Gasteiger partial charge in [0.2, 0.25) is 0 Å². The molecule has 0 unspecified atom stereocenters. The van der Waals surface area contributed by atoms with Crippen molar-refractivity contribution in [1.82, 2.24) is 19.9 Å². The number of aryl methyl sites for hydroxylation is 1. The molecule has 0 atom stereocenters. The average Bonchev–Trinajstić information content (AvgIpc) is 2.70. The van der Waals surface area contributed by atoms with Crippen LogP contribution in [0.1, 0.15) is 5.69 Å². The third-order valence-corrected chi connectivity index (χ3v) is 2.52. The Morgan fingerprint density at radius 1 is 1.12 bits per heavy atom. The zero-order valence-electron chi connectivity index (χ0n) is 8.81. The SMILES string of the molecule is Cc1cc2c(-c3ccncn3)ccnc2[nH]1. The Hall–Kier alpha value is -2.23. The van der Waals surface area contributed by atoms with E-state index in [0.29, 0.717) is 0 Å². The normalized spacial score (nSPS) is 10.8. The fraction of sp³-hybridized carbons (Fsp3) is 0.0833. The van der Waals surface area contributed by atoms with Crippen LogP contribution in [0.2, 0.25) is 0 Å². The van der Waals surface area contributed by atoms with Crippen molar-refractivity contribution < 1.29 is 0 Å². The Morgan fingerprint density at radius 3 is 2.88 bits per heavy atom. The van der Waals surface area contributed by atoms with Gasteiger partial charge in [0.25, 0.3) is 0 Å². The number of pyridine rings is 1. The third kappa shape index (κ3) is 1.35. The van der Waals surface area contributed by atoms with Gasteiger partial charge in [0.15, 0.2) is 0 Å². The molecule has 3 aromatic heterocycles. The molecule has 1 N–H and O–H groups in total. The first kappa shape index (κ1) is 9.03. The van der Waals surface area contributed by atoms with Crippen molar-refractivity contribution in [2.45, 2.75) is 6.92 Å². The summed E-state index contributed by atoms with van der Waals surface area (Å²) < 4.78 is 0. The van der Waals surface area contributed by atoms with E-state index in [1.165, 1.54) is 0 Å². The minimum Gasteiger partial charge on any atom is -0.344 e. The Labute approximate surface area is 92.4 Å². The van der Waals surface area contributed by atoms with Crippen LogP contribution >= 0.6 is 0 Å². The van der Waals surface area contributed by atoms with E-state index in [9.17, 15) is 0 Å². The van der Waals surface area contributed by atoms with E-state index in [4.69, 9.17) is 0 Å². The lowest BCUT2D eigenvalue weighted by molar-refractivity contribution is 1.17. The summed E-state index contributed by atoms with van der Waals surface area (Å²) in [7, 11) is 0. The van der Waals surface area contributed by atoms with Crippen LogP contribution in [-0.4, -0.2) is 19.9 Å². The molecule has 0 spiro atoms. The molecule has 0 aliphatic heterocycles. The molecule has 0 aliphatic carbocycles. The van der Waals surface area contributed by atoms with E-state index < -0.39 is 0 Å². The summed E-state index contributed by atoms with van der Waals surface area (Å²) in [6.45, 7) is 2.02. The highest BCUT2D eigenvalue weighted by Gasteiger charge is 2.07. The van der Waals surface area contributed by atoms with Crippen molar-refractivity contribution in [3.05, 3.63) is 42.6 Å². The fourth-order valence-corrected chi connectivity index (χ4v) is 1.83. The van der Waals surface area contributed by atoms with Crippen molar-refractivity contribution >= 4 is 11.0 Å². The maximum absolute atomic E-state index is 4.29.